The van der Waals surface area contributed by atoms with Gasteiger partial charge in [0, 0.05) is 17.4 Å². The van der Waals surface area contributed by atoms with Crippen LogP contribution in [0.3, 0.4) is 0 Å². The van der Waals surface area contributed by atoms with Gasteiger partial charge in [-0.05, 0) is 36.4 Å². The number of ether oxygens (including phenoxy) is 1. The third-order valence-electron chi connectivity index (χ3n) is 2.55. The molecular formula is C12H18O2S. The van der Waals surface area contributed by atoms with Crippen molar-refractivity contribution in [2.24, 2.45) is 0 Å². The molecule has 0 bridgehead atoms. The molecule has 1 rings (SSSR count). The first-order valence-electron chi connectivity index (χ1n) is 4.97. The van der Waals surface area contributed by atoms with Crippen molar-refractivity contribution in [2.75, 3.05) is 20.0 Å². The Bertz CT molecular complexity index is 337. The van der Waals surface area contributed by atoms with Crippen molar-refractivity contribution in [3.63, 3.8) is 0 Å². The fraction of sp³-hybridized carbons (Fsp3) is 0.500. The van der Waals surface area contributed by atoms with Gasteiger partial charge in [0.1, 0.15) is 5.75 Å². The highest BCUT2D eigenvalue weighted by Crippen LogP contribution is 2.33. The molecular weight excluding hydrogens is 208 g/mol. The first-order valence-corrected chi connectivity index (χ1v) is 6.19. The molecule has 0 saturated carbocycles. The van der Waals surface area contributed by atoms with Crippen LogP contribution in [0.4, 0.5) is 0 Å². The Kier molecular flexibility index (Phi) is 4.48. The molecule has 3 heteroatoms. The summed E-state index contributed by atoms with van der Waals surface area (Å²) in [7, 11) is 1.68. The number of hydrogen-bond acceptors (Lipinski definition) is 3. The van der Waals surface area contributed by atoms with Gasteiger partial charge in [-0.25, -0.2) is 0 Å². The quantitative estimate of drug-likeness (QED) is 0.801. The molecule has 0 aliphatic carbocycles. The molecule has 2 nitrogen and oxygen atoms in total. The zero-order valence-electron chi connectivity index (χ0n) is 9.70. The predicted octanol–water partition coefficient (Wildman–Crippen LogP) is 2.82. The predicted molar refractivity (Wildman–Crippen MR) is 65.0 cm³/mol. The first-order chi connectivity index (χ1) is 7.13. The zero-order chi connectivity index (χ0) is 11.4. The molecule has 0 amide bonds. The lowest BCUT2D eigenvalue weighted by Gasteiger charge is -2.16. The molecule has 0 radical (unpaired) electrons. The molecule has 15 heavy (non-hydrogen) atoms. The zero-order valence-corrected chi connectivity index (χ0v) is 10.5. The SMILES string of the molecule is COc1cc(C(C)CO)c(SC)cc1C. The Balaban J connectivity index is 3.22. The smallest absolute Gasteiger partial charge is 0.122 e. The van der Waals surface area contributed by atoms with Crippen molar-refractivity contribution in [2.45, 2.75) is 24.7 Å². The van der Waals surface area contributed by atoms with E-state index in [1.807, 2.05) is 19.9 Å². The summed E-state index contributed by atoms with van der Waals surface area (Å²) in [6, 6.07) is 4.15. The Morgan fingerprint density at radius 1 is 1.47 bits per heavy atom. The van der Waals surface area contributed by atoms with Crippen LogP contribution in [0.1, 0.15) is 24.0 Å². The molecule has 0 aromatic heterocycles. The van der Waals surface area contributed by atoms with Gasteiger partial charge in [-0.2, -0.15) is 0 Å². The summed E-state index contributed by atoms with van der Waals surface area (Å²) in [5.41, 5.74) is 2.29. The third kappa shape index (κ3) is 2.67. The molecule has 0 heterocycles. The third-order valence-corrected chi connectivity index (χ3v) is 3.35. The number of hydrogen-bond donors (Lipinski definition) is 1. The summed E-state index contributed by atoms with van der Waals surface area (Å²) in [4.78, 5) is 1.22. The maximum atomic E-state index is 9.19. The summed E-state index contributed by atoms with van der Waals surface area (Å²) in [6.45, 7) is 4.22. The van der Waals surface area contributed by atoms with Crippen molar-refractivity contribution >= 4 is 11.8 Å². The molecule has 1 atom stereocenters. The van der Waals surface area contributed by atoms with Gasteiger partial charge < -0.3 is 9.84 Å². The lowest BCUT2D eigenvalue weighted by molar-refractivity contribution is 0.271. The number of rotatable bonds is 4. The summed E-state index contributed by atoms with van der Waals surface area (Å²) in [5, 5.41) is 9.19. The monoisotopic (exact) mass is 226 g/mol. The highest BCUT2D eigenvalue weighted by molar-refractivity contribution is 7.98. The Morgan fingerprint density at radius 2 is 2.13 bits per heavy atom. The highest BCUT2D eigenvalue weighted by atomic mass is 32.2. The molecule has 0 aliphatic rings. The van der Waals surface area contributed by atoms with Gasteiger partial charge in [-0.15, -0.1) is 11.8 Å². The molecule has 84 valence electrons. The van der Waals surface area contributed by atoms with Crippen LogP contribution in [0.2, 0.25) is 0 Å². The van der Waals surface area contributed by atoms with Crippen LogP contribution in [0.15, 0.2) is 17.0 Å². The Hall–Kier alpha value is -0.670. The van der Waals surface area contributed by atoms with Crippen LogP contribution in [0, 0.1) is 6.92 Å². The van der Waals surface area contributed by atoms with Gasteiger partial charge in [-0.1, -0.05) is 6.92 Å². The van der Waals surface area contributed by atoms with E-state index < -0.39 is 0 Å². The summed E-state index contributed by atoms with van der Waals surface area (Å²) in [5.74, 6) is 1.05. The van der Waals surface area contributed by atoms with E-state index in [1.165, 1.54) is 4.90 Å². The number of aryl methyl sites for hydroxylation is 1. The standard InChI is InChI=1S/C12H18O2S/c1-8-5-12(15-4)10(9(2)7-13)6-11(8)14-3/h5-6,9,13H,7H2,1-4H3. The summed E-state index contributed by atoms with van der Waals surface area (Å²) in [6.07, 6.45) is 2.05. The average molecular weight is 226 g/mol. The van der Waals surface area contributed by atoms with Gasteiger partial charge in [0.2, 0.25) is 0 Å². The first kappa shape index (κ1) is 12.4. The minimum atomic E-state index is 0.155. The normalized spacial score (nSPS) is 12.6. The van der Waals surface area contributed by atoms with Gasteiger partial charge in [0.15, 0.2) is 0 Å². The second-order valence-corrected chi connectivity index (χ2v) is 4.50. The Labute approximate surface area is 95.7 Å². The van der Waals surface area contributed by atoms with E-state index >= 15 is 0 Å². The van der Waals surface area contributed by atoms with Gasteiger partial charge >= 0.3 is 0 Å². The molecule has 0 spiro atoms. The van der Waals surface area contributed by atoms with E-state index in [4.69, 9.17) is 4.74 Å². The maximum absolute atomic E-state index is 9.19. The molecule has 1 N–H and O–H groups in total. The number of thioether (sulfide) groups is 1. The second-order valence-electron chi connectivity index (χ2n) is 3.65. The van der Waals surface area contributed by atoms with Crippen molar-refractivity contribution < 1.29 is 9.84 Å². The molecule has 1 aromatic carbocycles. The van der Waals surface area contributed by atoms with Crippen LogP contribution in [-0.4, -0.2) is 25.1 Å². The Morgan fingerprint density at radius 3 is 2.60 bits per heavy atom. The van der Waals surface area contributed by atoms with E-state index in [-0.39, 0.29) is 12.5 Å². The van der Waals surface area contributed by atoms with Crippen LogP contribution >= 0.6 is 11.8 Å². The lowest BCUT2D eigenvalue weighted by Crippen LogP contribution is -2.02. The largest absolute Gasteiger partial charge is 0.496 e. The number of aliphatic hydroxyl groups excluding tert-OH is 1. The fourth-order valence-electron chi connectivity index (χ4n) is 1.56. The second kappa shape index (κ2) is 5.42. The van der Waals surface area contributed by atoms with E-state index in [0.717, 1.165) is 16.9 Å². The van der Waals surface area contributed by atoms with Gasteiger partial charge in [0.25, 0.3) is 0 Å². The molecule has 0 saturated heterocycles. The van der Waals surface area contributed by atoms with E-state index in [9.17, 15) is 5.11 Å². The van der Waals surface area contributed by atoms with Crippen LogP contribution in [0.25, 0.3) is 0 Å². The number of methoxy groups -OCH3 is 1. The fourth-order valence-corrected chi connectivity index (χ4v) is 2.35. The van der Waals surface area contributed by atoms with Crippen LogP contribution in [0.5, 0.6) is 5.75 Å². The van der Waals surface area contributed by atoms with Crippen molar-refractivity contribution in [3.05, 3.63) is 23.3 Å². The molecule has 1 unspecified atom stereocenters. The van der Waals surface area contributed by atoms with Gasteiger partial charge in [0.05, 0.1) is 7.11 Å². The number of benzene rings is 1. The van der Waals surface area contributed by atoms with E-state index in [2.05, 4.69) is 12.3 Å². The maximum Gasteiger partial charge on any atom is 0.122 e. The van der Waals surface area contributed by atoms with Crippen LogP contribution < -0.4 is 4.74 Å². The molecule has 0 aliphatic heterocycles. The van der Waals surface area contributed by atoms with E-state index in [0.29, 0.717) is 0 Å². The van der Waals surface area contributed by atoms with Gasteiger partial charge in [-0.3, -0.25) is 0 Å². The van der Waals surface area contributed by atoms with E-state index in [1.54, 1.807) is 18.9 Å². The summed E-state index contributed by atoms with van der Waals surface area (Å²) < 4.78 is 5.29. The van der Waals surface area contributed by atoms with Crippen molar-refractivity contribution in [3.8, 4) is 5.75 Å². The minimum absolute atomic E-state index is 0.155. The average Bonchev–Trinajstić information content (AvgIpc) is 2.27. The topological polar surface area (TPSA) is 29.5 Å². The summed E-state index contributed by atoms with van der Waals surface area (Å²) >= 11 is 1.71. The molecule has 0 fully saturated rings. The molecule has 1 aromatic rings. The van der Waals surface area contributed by atoms with Crippen molar-refractivity contribution in [1.82, 2.24) is 0 Å². The number of aliphatic hydroxyl groups is 1. The van der Waals surface area contributed by atoms with Crippen molar-refractivity contribution in [1.29, 1.82) is 0 Å². The van der Waals surface area contributed by atoms with Crippen LogP contribution in [-0.2, 0) is 0 Å². The highest BCUT2D eigenvalue weighted by Gasteiger charge is 2.12. The lowest BCUT2D eigenvalue weighted by atomic mass is 10.00. The minimum Gasteiger partial charge on any atom is -0.496 e.